The van der Waals surface area contributed by atoms with Gasteiger partial charge in [0, 0.05) is 11.5 Å². The molecule has 1 aromatic carbocycles. The molecule has 0 bridgehead atoms. The second kappa shape index (κ2) is 5.44. The highest BCUT2D eigenvalue weighted by Gasteiger charge is 2.24. The number of nitrogens with two attached hydrogens (primary N) is 1. The molecule has 0 unspecified atom stereocenters. The third kappa shape index (κ3) is 2.65. The van der Waals surface area contributed by atoms with E-state index in [-0.39, 0.29) is 4.21 Å². The Hall–Kier alpha value is -1.56. The zero-order chi connectivity index (χ0) is 14.9. The first kappa shape index (κ1) is 14.8. The fourth-order valence-electron chi connectivity index (χ4n) is 1.60. The van der Waals surface area contributed by atoms with Gasteiger partial charge in [0.05, 0.1) is 11.4 Å². The summed E-state index contributed by atoms with van der Waals surface area (Å²) < 4.78 is 26.9. The lowest BCUT2D eigenvalue weighted by molar-refractivity contribution is 0.596. The zero-order valence-corrected chi connectivity index (χ0v) is 13.6. The van der Waals surface area contributed by atoms with Gasteiger partial charge in [0.25, 0.3) is 10.0 Å². The van der Waals surface area contributed by atoms with Crippen molar-refractivity contribution in [1.82, 2.24) is 0 Å². The van der Waals surface area contributed by atoms with Crippen molar-refractivity contribution < 1.29 is 8.42 Å². The number of hydrogen-bond donors (Lipinski definition) is 1. The van der Waals surface area contributed by atoms with Gasteiger partial charge in [0.15, 0.2) is 0 Å². The second-order valence-electron chi connectivity index (χ2n) is 3.91. The highest BCUT2D eigenvalue weighted by atomic mass is 79.9. The number of thiophene rings is 1. The van der Waals surface area contributed by atoms with Gasteiger partial charge in [-0.1, -0.05) is 15.9 Å². The molecule has 2 aromatic rings. The van der Waals surface area contributed by atoms with E-state index >= 15 is 0 Å². The minimum Gasteiger partial charge on any atom is -0.397 e. The van der Waals surface area contributed by atoms with Crippen molar-refractivity contribution in [2.24, 2.45) is 0 Å². The predicted octanol–water partition coefficient (Wildman–Crippen LogP) is 2.79. The molecule has 0 aliphatic heterocycles. The van der Waals surface area contributed by atoms with Crippen LogP contribution in [0.4, 0.5) is 11.4 Å². The van der Waals surface area contributed by atoms with Gasteiger partial charge in [-0.25, -0.2) is 8.42 Å². The van der Waals surface area contributed by atoms with Crippen molar-refractivity contribution in [2.45, 2.75) is 4.21 Å². The van der Waals surface area contributed by atoms with E-state index < -0.39 is 10.0 Å². The maximum atomic E-state index is 12.5. The average molecular weight is 372 g/mol. The SMILES string of the molecule is CN(c1ccc(Br)cc1N)S(=O)(=O)c1ccc(C#N)s1. The molecule has 0 radical (unpaired) electrons. The Bertz CT molecular complexity index is 793. The molecule has 0 amide bonds. The first-order valence-corrected chi connectivity index (χ1v) is 8.45. The van der Waals surface area contributed by atoms with Crippen LogP contribution in [0.25, 0.3) is 0 Å². The van der Waals surface area contributed by atoms with E-state index in [0.29, 0.717) is 16.3 Å². The number of halogens is 1. The minimum absolute atomic E-state index is 0.110. The van der Waals surface area contributed by atoms with Gasteiger partial charge in [-0.15, -0.1) is 11.3 Å². The number of nitriles is 1. The summed E-state index contributed by atoms with van der Waals surface area (Å²) in [6.07, 6.45) is 0. The smallest absolute Gasteiger partial charge is 0.273 e. The highest BCUT2D eigenvalue weighted by Crippen LogP contribution is 2.32. The zero-order valence-electron chi connectivity index (χ0n) is 10.4. The molecule has 0 aliphatic carbocycles. The van der Waals surface area contributed by atoms with Crippen molar-refractivity contribution in [2.75, 3.05) is 17.1 Å². The van der Waals surface area contributed by atoms with Crippen LogP contribution in [0.2, 0.25) is 0 Å². The van der Waals surface area contributed by atoms with Crippen LogP contribution in [0, 0.1) is 11.3 Å². The Morgan fingerprint density at radius 3 is 2.60 bits per heavy atom. The molecule has 2 rings (SSSR count). The molecular formula is C12H10BrN3O2S2. The molecule has 104 valence electrons. The summed E-state index contributed by atoms with van der Waals surface area (Å²) in [5, 5.41) is 8.77. The summed E-state index contributed by atoms with van der Waals surface area (Å²) in [5.41, 5.74) is 6.58. The highest BCUT2D eigenvalue weighted by molar-refractivity contribution is 9.10. The van der Waals surface area contributed by atoms with Gasteiger partial charge in [0.1, 0.15) is 15.2 Å². The lowest BCUT2D eigenvalue weighted by Gasteiger charge is -2.20. The van der Waals surface area contributed by atoms with Crippen LogP contribution >= 0.6 is 27.3 Å². The van der Waals surface area contributed by atoms with Gasteiger partial charge in [-0.2, -0.15) is 5.26 Å². The molecule has 2 N–H and O–H groups in total. The normalized spacial score (nSPS) is 11.1. The molecule has 0 fully saturated rings. The molecular weight excluding hydrogens is 362 g/mol. The van der Waals surface area contributed by atoms with Gasteiger partial charge in [-0.05, 0) is 30.3 Å². The van der Waals surface area contributed by atoms with Crippen molar-refractivity contribution in [3.63, 3.8) is 0 Å². The first-order chi connectivity index (χ1) is 9.36. The van der Waals surface area contributed by atoms with E-state index in [9.17, 15) is 8.42 Å². The average Bonchev–Trinajstić information content (AvgIpc) is 2.87. The molecule has 0 saturated carbocycles. The molecule has 0 spiro atoms. The molecule has 0 saturated heterocycles. The minimum atomic E-state index is -3.71. The van der Waals surface area contributed by atoms with Crippen molar-refractivity contribution in [3.8, 4) is 6.07 Å². The van der Waals surface area contributed by atoms with E-state index in [2.05, 4.69) is 15.9 Å². The number of anilines is 2. The van der Waals surface area contributed by atoms with Gasteiger partial charge < -0.3 is 5.73 Å². The lowest BCUT2D eigenvalue weighted by atomic mass is 10.3. The van der Waals surface area contributed by atoms with Gasteiger partial charge in [-0.3, -0.25) is 4.31 Å². The molecule has 0 aliphatic rings. The van der Waals surface area contributed by atoms with Crippen molar-refractivity contribution in [1.29, 1.82) is 5.26 Å². The fraction of sp³-hybridized carbons (Fsp3) is 0.0833. The largest absolute Gasteiger partial charge is 0.397 e. The Morgan fingerprint density at radius 2 is 2.05 bits per heavy atom. The van der Waals surface area contributed by atoms with Crippen molar-refractivity contribution in [3.05, 3.63) is 39.7 Å². The standard InChI is InChI=1S/C12H10BrN3O2S2/c1-16(11-4-2-8(13)6-10(11)15)20(17,18)12-5-3-9(7-14)19-12/h2-6H,15H2,1H3. The van der Waals surface area contributed by atoms with Crippen molar-refractivity contribution >= 4 is 48.7 Å². The van der Waals surface area contributed by atoms with Crippen LogP contribution < -0.4 is 10.0 Å². The van der Waals surface area contributed by atoms with E-state index in [1.54, 1.807) is 18.2 Å². The summed E-state index contributed by atoms with van der Waals surface area (Å²) in [6, 6.07) is 9.80. The summed E-state index contributed by atoms with van der Waals surface area (Å²) in [5.74, 6) is 0. The van der Waals surface area contributed by atoms with Crippen LogP contribution in [0.3, 0.4) is 0 Å². The Labute approximate surface area is 129 Å². The maximum Gasteiger partial charge on any atom is 0.273 e. The van der Waals surface area contributed by atoms with Gasteiger partial charge >= 0.3 is 0 Å². The fourth-order valence-corrected chi connectivity index (χ4v) is 4.47. The quantitative estimate of drug-likeness (QED) is 0.840. The predicted molar refractivity (Wildman–Crippen MR) is 83.2 cm³/mol. The second-order valence-corrected chi connectivity index (χ2v) is 8.10. The van der Waals surface area contributed by atoms with Gasteiger partial charge in [0.2, 0.25) is 0 Å². The maximum absolute atomic E-state index is 12.5. The molecule has 5 nitrogen and oxygen atoms in total. The molecule has 8 heteroatoms. The monoisotopic (exact) mass is 371 g/mol. The lowest BCUT2D eigenvalue weighted by Crippen LogP contribution is -2.26. The van der Waals surface area contributed by atoms with E-state index in [0.717, 1.165) is 20.1 Å². The third-order valence-electron chi connectivity index (χ3n) is 2.64. The Morgan fingerprint density at radius 1 is 1.35 bits per heavy atom. The van der Waals surface area contributed by atoms with E-state index in [4.69, 9.17) is 11.0 Å². The number of rotatable bonds is 3. The van der Waals surface area contributed by atoms with Crippen LogP contribution in [-0.4, -0.2) is 15.5 Å². The molecule has 1 heterocycles. The Balaban J connectivity index is 2.46. The number of nitrogen functional groups attached to an aromatic ring is 1. The topological polar surface area (TPSA) is 87.2 Å². The molecule has 1 aromatic heterocycles. The summed E-state index contributed by atoms with van der Waals surface area (Å²) in [4.78, 5) is 0.348. The number of sulfonamides is 1. The van der Waals surface area contributed by atoms with Crippen LogP contribution in [0.5, 0.6) is 0 Å². The number of hydrogen-bond acceptors (Lipinski definition) is 5. The summed E-state index contributed by atoms with van der Waals surface area (Å²) >= 11 is 4.20. The first-order valence-electron chi connectivity index (χ1n) is 5.40. The third-order valence-corrected chi connectivity index (χ3v) is 6.36. The van der Waals surface area contributed by atoms with Crippen LogP contribution in [0.15, 0.2) is 39.0 Å². The van der Waals surface area contributed by atoms with Crippen LogP contribution in [0.1, 0.15) is 4.88 Å². The van der Waals surface area contributed by atoms with E-state index in [1.807, 2.05) is 6.07 Å². The molecule has 20 heavy (non-hydrogen) atoms. The Kier molecular flexibility index (Phi) is 4.04. The van der Waals surface area contributed by atoms with E-state index in [1.165, 1.54) is 19.2 Å². The molecule has 0 atom stereocenters. The number of benzene rings is 1. The van der Waals surface area contributed by atoms with Crippen LogP contribution in [-0.2, 0) is 10.0 Å². The summed E-state index contributed by atoms with van der Waals surface area (Å²) in [7, 11) is -2.28. The number of nitrogens with zero attached hydrogens (tertiary/aromatic N) is 2. The summed E-state index contributed by atoms with van der Waals surface area (Å²) in [6.45, 7) is 0.